The number of carbonyl (C=O) groups excluding carboxylic acids is 1. The van der Waals surface area contributed by atoms with Crippen LogP contribution in [0.25, 0.3) is 0 Å². The molecule has 0 aromatic carbocycles. The minimum absolute atomic E-state index is 0.0180. The summed E-state index contributed by atoms with van der Waals surface area (Å²) in [5.74, 6) is 3.08. The molecular formula is C11H22N2OS. The van der Waals surface area contributed by atoms with Crippen LogP contribution < -0.4 is 11.1 Å². The van der Waals surface area contributed by atoms with Crippen molar-refractivity contribution >= 4 is 17.7 Å². The fourth-order valence-electron chi connectivity index (χ4n) is 1.73. The van der Waals surface area contributed by atoms with Crippen LogP contribution in [0.3, 0.4) is 0 Å². The molecular weight excluding hydrogens is 208 g/mol. The maximum absolute atomic E-state index is 11.8. The summed E-state index contributed by atoms with van der Waals surface area (Å²) in [5, 5.41) is 2.99. The zero-order chi connectivity index (χ0) is 11.3. The number of thioether (sulfide) groups is 1. The molecule has 4 heteroatoms. The summed E-state index contributed by atoms with van der Waals surface area (Å²) in [7, 11) is 0. The van der Waals surface area contributed by atoms with E-state index in [1.165, 1.54) is 17.9 Å². The lowest BCUT2D eigenvalue weighted by atomic mass is 9.93. The van der Waals surface area contributed by atoms with E-state index in [-0.39, 0.29) is 5.91 Å². The van der Waals surface area contributed by atoms with Crippen molar-refractivity contribution in [3.63, 3.8) is 0 Å². The molecule has 1 fully saturated rings. The van der Waals surface area contributed by atoms with Gasteiger partial charge in [0.05, 0.1) is 5.54 Å². The van der Waals surface area contributed by atoms with E-state index < -0.39 is 5.54 Å². The van der Waals surface area contributed by atoms with E-state index in [0.717, 1.165) is 6.54 Å². The average Bonchev–Trinajstić information content (AvgIpc) is 2.77. The molecule has 3 N–H and O–H groups in total. The Morgan fingerprint density at radius 2 is 2.20 bits per heavy atom. The molecule has 1 unspecified atom stereocenters. The third-order valence-corrected chi connectivity index (χ3v) is 4.52. The van der Waals surface area contributed by atoms with Gasteiger partial charge in [0, 0.05) is 6.54 Å². The maximum Gasteiger partial charge on any atom is 0.240 e. The van der Waals surface area contributed by atoms with Crippen LogP contribution >= 0.6 is 11.8 Å². The van der Waals surface area contributed by atoms with Gasteiger partial charge in [0.25, 0.3) is 0 Å². The zero-order valence-electron chi connectivity index (χ0n) is 9.71. The Hall–Kier alpha value is -0.220. The first-order valence-corrected chi connectivity index (χ1v) is 6.92. The Morgan fingerprint density at radius 1 is 1.53 bits per heavy atom. The van der Waals surface area contributed by atoms with Crippen LogP contribution in [0.15, 0.2) is 0 Å². The van der Waals surface area contributed by atoms with Crippen LogP contribution in [0.2, 0.25) is 0 Å². The highest BCUT2D eigenvalue weighted by Gasteiger charge is 2.30. The van der Waals surface area contributed by atoms with Crippen molar-refractivity contribution in [2.75, 3.05) is 18.1 Å². The number of amides is 1. The smallest absolute Gasteiger partial charge is 0.240 e. The van der Waals surface area contributed by atoms with Gasteiger partial charge in [-0.1, -0.05) is 13.8 Å². The first kappa shape index (κ1) is 12.8. The molecule has 3 nitrogen and oxygen atoms in total. The maximum atomic E-state index is 11.8. The van der Waals surface area contributed by atoms with Crippen LogP contribution in [0.4, 0.5) is 0 Å². The zero-order valence-corrected chi connectivity index (χ0v) is 10.5. The van der Waals surface area contributed by atoms with Gasteiger partial charge in [-0.25, -0.2) is 0 Å². The van der Waals surface area contributed by atoms with Gasteiger partial charge in [-0.05, 0) is 36.7 Å². The molecule has 1 heterocycles. The number of nitrogens with one attached hydrogen (secondary N) is 1. The van der Waals surface area contributed by atoms with Crippen molar-refractivity contribution in [2.45, 2.75) is 38.6 Å². The molecule has 1 rings (SSSR count). The molecule has 0 aromatic heterocycles. The normalized spacial score (nSPS) is 21.7. The second-order valence-corrected chi connectivity index (χ2v) is 5.45. The minimum atomic E-state index is -0.661. The highest BCUT2D eigenvalue weighted by atomic mass is 32.2. The molecule has 0 radical (unpaired) electrons. The second-order valence-electron chi connectivity index (χ2n) is 4.30. The van der Waals surface area contributed by atoms with Crippen molar-refractivity contribution in [1.82, 2.24) is 5.32 Å². The van der Waals surface area contributed by atoms with Gasteiger partial charge in [-0.2, -0.15) is 11.8 Å². The van der Waals surface area contributed by atoms with Gasteiger partial charge in [0.15, 0.2) is 0 Å². The topological polar surface area (TPSA) is 55.1 Å². The molecule has 0 bridgehead atoms. The summed E-state index contributed by atoms with van der Waals surface area (Å²) >= 11 is 1.97. The van der Waals surface area contributed by atoms with Crippen molar-refractivity contribution in [1.29, 1.82) is 0 Å². The Bertz CT molecular complexity index is 211. The van der Waals surface area contributed by atoms with Crippen molar-refractivity contribution < 1.29 is 4.79 Å². The number of hydrogen-bond acceptors (Lipinski definition) is 3. The standard InChI is InChI=1S/C11H22N2OS/c1-3-11(12,4-2)10(14)13-7-9-5-6-15-8-9/h9H,3-8,12H2,1-2H3,(H,13,14). The Labute approximate surface area is 96.6 Å². The van der Waals surface area contributed by atoms with Crippen LogP contribution in [0, 0.1) is 5.92 Å². The van der Waals surface area contributed by atoms with Gasteiger partial charge >= 0.3 is 0 Å². The largest absolute Gasteiger partial charge is 0.354 e. The highest BCUT2D eigenvalue weighted by Crippen LogP contribution is 2.22. The minimum Gasteiger partial charge on any atom is -0.354 e. The number of carbonyl (C=O) groups is 1. The molecule has 1 saturated heterocycles. The average molecular weight is 230 g/mol. The quantitative estimate of drug-likeness (QED) is 0.750. The molecule has 1 amide bonds. The number of nitrogens with two attached hydrogens (primary N) is 1. The molecule has 88 valence electrons. The Morgan fingerprint density at radius 3 is 2.67 bits per heavy atom. The summed E-state index contributed by atoms with van der Waals surface area (Å²) in [6, 6.07) is 0. The van der Waals surface area contributed by atoms with E-state index in [2.05, 4.69) is 5.32 Å². The van der Waals surface area contributed by atoms with E-state index >= 15 is 0 Å². The summed E-state index contributed by atoms with van der Waals surface area (Å²) in [5.41, 5.74) is 5.35. The number of hydrogen-bond donors (Lipinski definition) is 2. The second kappa shape index (κ2) is 5.75. The lowest BCUT2D eigenvalue weighted by Gasteiger charge is -2.25. The summed E-state index contributed by atoms with van der Waals surface area (Å²) in [6.07, 6.45) is 2.63. The first-order valence-electron chi connectivity index (χ1n) is 5.77. The summed E-state index contributed by atoms with van der Waals surface area (Å²) in [4.78, 5) is 11.8. The predicted octanol–water partition coefficient (Wildman–Crippen LogP) is 1.37. The van der Waals surface area contributed by atoms with Gasteiger partial charge in [-0.15, -0.1) is 0 Å². The Kier molecular flexibility index (Phi) is 4.93. The van der Waals surface area contributed by atoms with Gasteiger partial charge < -0.3 is 11.1 Å². The van der Waals surface area contributed by atoms with Gasteiger partial charge in [0.2, 0.25) is 5.91 Å². The fraction of sp³-hybridized carbons (Fsp3) is 0.909. The molecule has 15 heavy (non-hydrogen) atoms. The van der Waals surface area contributed by atoms with E-state index in [1.54, 1.807) is 0 Å². The van der Waals surface area contributed by atoms with E-state index in [9.17, 15) is 4.79 Å². The van der Waals surface area contributed by atoms with Gasteiger partial charge in [0.1, 0.15) is 0 Å². The van der Waals surface area contributed by atoms with E-state index in [4.69, 9.17) is 5.73 Å². The molecule has 0 spiro atoms. The van der Waals surface area contributed by atoms with Gasteiger partial charge in [-0.3, -0.25) is 4.79 Å². The van der Waals surface area contributed by atoms with Crippen molar-refractivity contribution in [3.8, 4) is 0 Å². The fourth-order valence-corrected chi connectivity index (χ4v) is 3.01. The molecule has 1 aliphatic rings. The highest BCUT2D eigenvalue weighted by molar-refractivity contribution is 7.99. The summed E-state index contributed by atoms with van der Waals surface area (Å²) < 4.78 is 0. The SMILES string of the molecule is CCC(N)(CC)C(=O)NCC1CCSC1. The monoisotopic (exact) mass is 230 g/mol. The molecule has 0 aliphatic carbocycles. The van der Waals surface area contributed by atoms with Crippen molar-refractivity contribution in [3.05, 3.63) is 0 Å². The van der Waals surface area contributed by atoms with Crippen LogP contribution in [0.1, 0.15) is 33.1 Å². The predicted molar refractivity (Wildman–Crippen MR) is 65.9 cm³/mol. The Balaban J connectivity index is 2.33. The summed E-state index contributed by atoms with van der Waals surface area (Å²) in [6.45, 7) is 4.73. The van der Waals surface area contributed by atoms with Crippen LogP contribution in [0.5, 0.6) is 0 Å². The third kappa shape index (κ3) is 3.38. The third-order valence-electron chi connectivity index (χ3n) is 3.29. The van der Waals surface area contributed by atoms with Crippen molar-refractivity contribution in [2.24, 2.45) is 11.7 Å². The van der Waals surface area contributed by atoms with E-state index in [1.807, 2.05) is 25.6 Å². The van der Waals surface area contributed by atoms with Crippen LogP contribution in [-0.4, -0.2) is 29.5 Å². The lowest BCUT2D eigenvalue weighted by molar-refractivity contribution is -0.126. The number of rotatable bonds is 5. The molecule has 0 aromatic rings. The van der Waals surface area contributed by atoms with E-state index in [0.29, 0.717) is 18.8 Å². The first-order chi connectivity index (χ1) is 7.12. The molecule has 1 aliphatic heterocycles. The molecule has 1 atom stereocenters. The molecule has 0 saturated carbocycles. The lowest BCUT2D eigenvalue weighted by Crippen LogP contribution is -2.53. The van der Waals surface area contributed by atoms with Crippen LogP contribution in [-0.2, 0) is 4.79 Å².